The molecule has 2 aliphatic carbocycles. The molecule has 0 N–H and O–H groups in total. The third-order valence-corrected chi connectivity index (χ3v) is 6.15. The summed E-state index contributed by atoms with van der Waals surface area (Å²) < 4.78 is 39.2. The molecule has 4 unspecified atom stereocenters. The van der Waals surface area contributed by atoms with E-state index in [0.29, 0.717) is 18.3 Å². The Hall–Kier alpha value is -0.220. The van der Waals surface area contributed by atoms with Gasteiger partial charge in [0.05, 0.1) is 13.2 Å². The van der Waals surface area contributed by atoms with Crippen LogP contribution in [0.15, 0.2) is 0 Å². The minimum absolute atomic E-state index is 0.00401. The zero-order valence-electron chi connectivity index (χ0n) is 13.8. The van der Waals surface area contributed by atoms with Crippen LogP contribution < -0.4 is 0 Å². The minimum atomic E-state index is -1.36. The van der Waals surface area contributed by atoms with Crippen molar-refractivity contribution in [1.29, 1.82) is 0 Å². The van der Waals surface area contributed by atoms with Gasteiger partial charge in [-0.1, -0.05) is 26.7 Å². The summed E-state index contributed by atoms with van der Waals surface area (Å²) >= 11 is 0. The topological polar surface area (TPSA) is 18.5 Å². The smallest absolute Gasteiger partial charge is 0.160 e. The summed E-state index contributed by atoms with van der Waals surface area (Å²) in [6, 6.07) is 0. The van der Waals surface area contributed by atoms with Crippen molar-refractivity contribution >= 4 is 0 Å². The van der Waals surface area contributed by atoms with Crippen molar-refractivity contribution in [3.63, 3.8) is 0 Å². The van der Waals surface area contributed by atoms with Crippen molar-refractivity contribution in [3.05, 3.63) is 0 Å². The van der Waals surface area contributed by atoms with E-state index in [4.69, 9.17) is 9.47 Å². The lowest BCUT2D eigenvalue weighted by Crippen LogP contribution is -2.45. The van der Waals surface area contributed by atoms with E-state index in [1.165, 1.54) is 25.7 Å². The van der Waals surface area contributed by atoms with Gasteiger partial charge in [0.1, 0.15) is 12.3 Å². The van der Waals surface area contributed by atoms with Crippen LogP contribution in [0.4, 0.5) is 8.78 Å². The molecule has 4 heteroatoms. The van der Waals surface area contributed by atoms with Gasteiger partial charge in [-0.3, -0.25) is 0 Å². The summed E-state index contributed by atoms with van der Waals surface area (Å²) in [6.07, 6.45) is 3.07. The first-order valence-electron chi connectivity index (χ1n) is 9.06. The number of hydrogen-bond acceptors (Lipinski definition) is 2. The summed E-state index contributed by atoms with van der Waals surface area (Å²) in [5.41, 5.74) is 0. The van der Waals surface area contributed by atoms with Crippen LogP contribution in [0.2, 0.25) is 0 Å². The molecule has 128 valence electrons. The zero-order valence-corrected chi connectivity index (χ0v) is 13.8. The largest absolute Gasteiger partial charge is 0.352 e. The van der Waals surface area contributed by atoms with Crippen LogP contribution in [-0.4, -0.2) is 31.8 Å². The van der Waals surface area contributed by atoms with Crippen molar-refractivity contribution in [3.8, 4) is 0 Å². The van der Waals surface area contributed by atoms with Crippen molar-refractivity contribution in [1.82, 2.24) is 0 Å². The van der Waals surface area contributed by atoms with E-state index in [0.717, 1.165) is 19.1 Å². The Kier molecular flexibility index (Phi) is 5.39. The molecule has 2 saturated carbocycles. The lowest BCUT2D eigenvalue weighted by Gasteiger charge is -2.42. The maximum absolute atomic E-state index is 13.8. The summed E-state index contributed by atoms with van der Waals surface area (Å²) in [6.45, 7) is 5.57. The molecular formula is C18H30F2O2. The first-order chi connectivity index (χ1) is 10.5. The molecule has 0 bridgehead atoms. The van der Waals surface area contributed by atoms with Gasteiger partial charge < -0.3 is 9.47 Å². The van der Waals surface area contributed by atoms with Crippen molar-refractivity contribution < 1.29 is 18.3 Å². The third-order valence-electron chi connectivity index (χ3n) is 6.15. The molecule has 0 aromatic rings. The molecule has 0 aromatic heterocycles. The second-order valence-electron chi connectivity index (χ2n) is 7.98. The number of hydrogen-bond donors (Lipinski definition) is 0. The molecule has 1 aliphatic heterocycles. The van der Waals surface area contributed by atoms with Crippen LogP contribution in [0.1, 0.15) is 52.4 Å². The molecule has 2 nitrogen and oxygen atoms in total. The number of ether oxygens (including phenoxy) is 2. The highest BCUT2D eigenvalue weighted by molar-refractivity contribution is 4.87. The Bertz CT molecular complexity index is 337. The molecule has 3 rings (SSSR count). The molecule has 1 saturated heterocycles. The van der Waals surface area contributed by atoms with Gasteiger partial charge in [-0.15, -0.1) is 0 Å². The number of halogens is 2. The van der Waals surface area contributed by atoms with Crippen LogP contribution in [0.25, 0.3) is 0 Å². The average molecular weight is 316 g/mol. The standard InChI is InChI=1S/C18H30F2O2/c1-11-3-5-13(6-4-11)15-9-21-18(22-10-15)14-7-12(2)17(20)16(19)8-14/h11-18H,3-10H2,1-2H3. The Labute approximate surface area is 132 Å². The van der Waals surface area contributed by atoms with E-state index in [1.807, 2.05) is 0 Å². The fraction of sp³-hybridized carbons (Fsp3) is 1.00. The summed E-state index contributed by atoms with van der Waals surface area (Å²) in [5.74, 6) is 1.82. The van der Waals surface area contributed by atoms with Gasteiger partial charge in [0.15, 0.2) is 6.29 Å². The fourth-order valence-electron chi connectivity index (χ4n) is 4.54. The zero-order chi connectivity index (χ0) is 15.7. The molecule has 3 fully saturated rings. The van der Waals surface area contributed by atoms with Crippen LogP contribution in [0, 0.1) is 29.6 Å². The number of rotatable bonds is 2. The maximum atomic E-state index is 13.8. The Balaban J connectivity index is 1.47. The van der Waals surface area contributed by atoms with E-state index in [2.05, 4.69) is 6.92 Å². The second-order valence-corrected chi connectivity index (χ2v) is 7.98. The summed E-state index contributed by atoms with van der Waals surface area (Å²) in [5, 5.41) is 0. The van der Waals surface area contributed by atoms with E-state index in [-0.39, 0.29) is 24.5 Å². The normalized spacial score (nSPS) is 50.7. The maximum Gasteiger partial charge on any atom is 0.160 e. The SMILES string of the molecule is CC1CCC(C2COC(C3CC(C)C(F)C(F)C3)OC2)CC1. The van der Waals surface area contributed by atoms with Crippen LogP contribution in [-0.2, 0) is 9.47 Å². The van der Waals surface area contributed by atoms with E-state index >= 15 is 0 Å². The highest BCUT2D eigenvalue weighted by atomic mass is 19.2. The van der Waals surface area contributed by atoms with E-state index in [9.17, 15) is 8.78 Å². The van der Waals surface area contributed by atoms with Crippen molar-refractivity contribution in [2.45, 2.75) is 71.0 Å². The molecule has 0 radical (unpaired) electrons. The van der Waals surface area contributed by atoms with Crippen LogP contribution in [0.3, 0.4) is 0 Å². The molecule has 0 spiro atoms. The summed E-state index contributed by atoms with van der Waals surface area (Å²) in [7, 11) is 0. The van der Waals surface area contributed by atoms with Gasteiger partial charge in [0.2, 0.25) is 0 Å². The highest BCUT2D eigenvalue weighted by Gasteiger charge is 2.42. The Morgan fingerprint density at radius 1 is 0.773 bits per heavy atom. The molecule has 3 aliphatic rings. The molecule has 0 aromatic carbocycles. The van der Waals surface area contributed by atoms with Gasteiger partial charge in [-0.25, -0.2) is 8.78 Å². The molecule has 4 atom stereocenters. The van der Waals surface area contributed by atoms with Gasteiger partial charge in [-0.2, -0.15) is 0 Å². The minimum Gasteiger partial charge on any atom is -0.352 e. The van der Waals surface area contributed by atoms with Crippen LogP contribution >= 0.6 is 0 Å². The first-order valence-corrected chi connectivity index (χ1v) is 9.06. The number of alkyl halides is 2. The lowest BCUT2D eigenvalue weighted by molar-refractivity contribution is -0.242. The van der Waals surface area contributed by atoms with Gasteiger partial charge in [-0.05, 0) is 43.4 Å². The third kappa shape index (κ3) is 3.64. The predicted molar refractivity (Wildman–Crippen MR) is 82.0 cm³/mol. The van der Waals surface area contributed by atoms with Gasteiger partial charge in [0.25, 0.3) is 0 Å². The predicted octanol–water partition coefficient (Wildman–Crippen LogP) is 4.52. The summed E-state index contributed by atoms with van der Waals surface area (Å²) in [4.78, 5) is 0. The quantitative estimate of drug-likeness (QED) is 0.745. The monoisotopic (exact) mass is 316 g/mol. The van der Waals surface area contributed by atoms with Gasteiger partial charge in [0, 0.05) is 11.8 Å². The lowest BCUT2D eigenvalue weighted by atomic mass is 9.76. The second kappa shape index (κ2) is 7.12. The molecule has 0 amide bonds. The van der Waals surface area contributed by atoms with Gasteiger partial charge >= 0.3 is 0 Å². The van der Waals surface area contributed by atoms with E-state index in [1.54, 1.807) is 6.92 Å². The van der Waals surface area contributed by atoms with Crippen molar-refractivity contribution in [2.24, 2.45) is 29.6 Å². The van der Waals surface area contributed by atoms with Crippen LogP contribution in [0.5, 0.6) is 0 Å². The molecule has 1 heterocycles. The first kappa shape index (κ1) is 16.6. The van der Waals surface area contributed by atoms with Crippen molar-refractivity contribution in [2.75, 3.05) is 13.2 Å². The fourth-order valence-corrected chi connectivity index (χ4v) is 4.54. The average Bonchev–Trinajstić information content (AvgIpc) is 2.53. The van der Waals surface area contributed by atoms with E-state index < -0.39 is 12.3 Å². The molecular weight excluding hydrogens is 286 g/mol. The Morgan fingerprint density at radius 2 is 1.41 bits per heavy atom. The highest BCUT2D eigenvalue weighted by Crippen LogP contribution is 2.39. The molecule has 22 heavy (non-hydrogen) atoms. The Morgan fingerprint density at radius 3 is 2.00 bits per heavy atom.